The largest absolute Gasteiger partial charge is 0.501 e. The van der Waals surface area contributed by atoms with E-state index in [2.05, 4.69) is 58.7 Å². The average molecular weight is 377 g/mol. The Kier molecular flexibility index (Phi) is 6.84. The molecule has 1 aliphatic heterocycles. The number of aryl methyl sites for hydroxylation is 1. The first-order valence-corrected chi connectivity index (χ1v) is 9.70. The molecule has 0 saturated carbocycles. The highest BCUT2D eigenvalue weighted by molar-refractivity contribution is 6.04. The van der Waals surface area contributed by atoms with Crippen LogP contribution in [0.1, 0.15) is 25.8 Å². The van der Waals surface area contributed by atoms with Crippen molar-refractivity contribution in [1.82, 2.24) is 15.1 Å². The molecule has 2 heterocycles. The highest BCUT2D eigenvalue weighted by Crippen LogP contribution is 2.20. The summed E-state index contributed by atoms with van der Waals surface area (Å²) in [4.78, 5) is 4.49. The molecule has 1 aromatic heterocycles. The van der Waals surface area contributed by atoms with Crippen molar-refractivity contribution in [2.24, 2.45) is 18.0 Å². The minimum absolute atomic E-state index is 0.400. The van der Waals surface area contributed by atoms with Crippen LogP contribution in [0.25, 0.3) is 11.1 Å². The lowest BCUT2D eigenvalue weighted by Crippen LogP contribution is -2.20. The summed E-state index contributed by atoms with van der Waals surface area (Å²) in [6.07, 6.45) is 14.6. The first-order chi connectivity index (χ1) is 13.7. The lowest BCUT2D eigenvalue weighted by Gasteiger charge is -2.18. The molecule has 0 amide bonds. The van der Waals surface area contributed by atoms with Crippen molar-refractivity contribution in [3.05, 3.63) is 78.6 Å². The number of nitrogens with zero attached hydrogens (tertiary/aromatic N) is 3. The van der Waals surface area contributed by atoms with E-state index in [0.29, 0.717) is 12.5 Å². The third-order valence-corrected chi connectivity index (χ3v) is 4.64. The molecule has 0 radical (unpaired) electrons. The standard InChI is InChI=1S/C23H28N4O/c1-4-28-13-11-22-14-23(18(2)6-5-12-24-22)25-15-19-7-9-20(10-8-19)21-16-26-27(3)17-21/h5,7-14,16-18,25H,4,6,15H2,1-3H3/b12-5?,13-11+,23-14?,24-22?. The van der Waals surface area contributed by atoms with Crippen LogP contribution in [-0.2, 0) is 18.3 Å². The maximum Gasteiger partial charge on any atom is 0.0850 e. The van der Waals surface area contributed by atoms with E-state index in [-0.39, 0.29) is 0 Å². The average Bonchev–Trinajstić information content (AvgIpc) is 3.13. The molecule has 5 heteroatoms. The number of allylic oxidation sites excluding steroid dienone is 4. The summed E-state index contributed by atoms with van der Waals surface area (Å²) in [6.45, 7) is 5.62. The van der Waals surface area contributed by atoms with Gasteiger partial charge in [-0.25, -0.2) is 0 Å². The second-order valence-electron chi connectivity index (χ2n) is 6.89. The number of rotatable bonds is 7. The van der Waals surface area contributed by atoms with E-state index in [1.54, 1.807) is 6.26 Å². The monoisotopic (exact) mass is 376 g/mol. The van der Waals surface area contributed by atoms with Gasteiger partial charge in [-0.05, 0) is 42.5 Å². The number of ether oxygens (including phenoxy) is 1. The number of hydrogen-bond donors (Lipinski definition) is 1. The predicted molar refractivity (Wildman–Crippen MR) is 115 cm³/mol. The van der Waals surface area contributed by atoms with Gasteiger partial charge in [-0.1, -0.05) is 37.3 Å². The van der Waals surface area contributed by atoms with E-state index in [1.165, 1.54) is 16.8 Å². The van der Waals surface area contributed by atoms with Gasteiger partial charge in [-0.2, -0.15) is 5.10 Å². The fourth-order valence-corrected chi connectivity index (χ4v) is 2.99. The molecule has 146 valence electrons. The summed E-state index contributed by atoms with van der Waals surface area (Å²) >= 11 is 0. The van der Waals surface area contributed by atoms with Crippen LogP contribution in [0, 0.1) is 5.92 Å². The molecule has 0 saturated heterocycles. The Morgan fingerprint density at radius 2 is 2.07 bits per heavy atom. The summed E-state index contributed by atoms with van der Waals surface area (Å²) in [6, 6.07) is 8.61. The Morgan fingerprint density at radius 3 is 2.79 bits per heavy atom. The van der Waals surface area contributed by atoms with Crippen molar-refractivity contribution in [2.45, 2.75) is 26.8 Å². The van der Waals surface area contributed by atoms with Gasteiger partial charge in [-0.3, -0.25) is 9.67 Å². The number of hydrogen-bond acceptors (Lipinski definition) is 4. The predicted octanol–water partition coefficient (Wildman–Crippen LogP) is 4.61. The van der Waals surface area contributed by atoms with Gasteiger partial charge >= 0.3 is 0 Å². The maximum absolute atomic E-state index is 5.31. The Bertz CT molecular complexity index is 888. The maximum atomic E-state index is 5.31. The van der Waals surface area contributed by atoms with Crippen LogP contribution < -0.4 is 5.32 Å². The SMILES string of the molecule is CCO/C=C/C1=NC=CCC(C)C(NCc2ccc(-c3cnn(C)c3)cc2)=C1. The molecule has 0 bridgehead atoms. The second-order valence-corrected chi connectivity index (χ2v) is 6.89. The molecular formula is C23H28N4O. The van der Waals surface area contributed by atoms with Crippen LogP contribution >= 0.6 is 0 Å². The summed E-state index contributed by atoms with van der Waals surface area (Å²) in [5.41, 5.74) is 5.61. The molecular weight excluding hydrogens is 348 g/mol. The molecule has 1 unspecified atom stereocenters. The normalized spacial score (nSPS) is 17.0. The minimum atomic E-state index is 0.400. The van der Waals surface area contributed by atoms with Gasteiger partial charge in [0, 0.05) is 37.2 Å². The first kappa shape index (κ1) is 19.7. The lowest BCUT2D eigenvalue weighted by atomic mass is 10.0. The fraction of sp³-hybridized carbons (Fsp3) is 0.304. The van der Waals surface area contributed by atoms with Crippen LogP contribution in [0.5, 0.6) is 0 Å². The van der Waals surface area contributed by atoms with Gasteiger partial charge in [0.15, 0.2) is 0 Å². The van der Waals surface area contributed by atoms with Crippen molar-refractivity contribution in [2.75, 3.05) is 6.61 Å². The van der Waals surface area contributed by atoms with E-state index in [0.717, 1.165) is 24.2 Å². The molecule has 2 aromatic rings. The zero-order chi connectivity index (χ0) is 19.8. The van der Waals surface area contributed by atoms with Crippen molar-refractivity contribution in [3.63, 3.8) is 0 Å². The number of benzene rings is 1. The zero-order valence-corrected chi connectivity index (χ0v) is 16.8. The number of nitrogens with one attached hydrogen (secondary N) is 1. The highest BCUT2D eigenvalue weighted by atomic mass is 16.5. The third kappa shape index (κ3) is 5.46. The minimum Gasteiger partial charge on any atom is -0.501 e. The molecule has 1 N–H and O–H groups in total. The van der Waals surface area contributed by atoms with Gasteiger partial charge in [0.1, 0.15) is 0 Å². The Morgan fingerprint density at radius 1 is 1.25 bits per heavy atom. The fourth-order valence-electron chi connectivity index (χ4n) is 2.99. The third-order valence-electron chi connectivity index (χ3n) is 4.64. The van der Waals surface area contributed by atoms with E-state index < -0.39 is 0 Å². The van der Waals surface area contributed by atoms with Crippen molar-refractivity contribution >= 4 is 5.71 Å². The van der Waals surface area contributed by atoms with Crippen LogP contribution in [0.2, 0.25) is 0 Å². The van der Waals surface area contributed by atoms with Crippen molar-refractivity contribution < 1.29 is 4.74 Å². The first-order valence-electron chi connectivity index (χ1n) is 9.70. The van der Waals surface area contributed by atoms with E-state index in [1.807, 2.05) is 43.3 Å². The van der Waals surface area contributed by atoms with Gasteiger partial charge in [0.05, 0.1) is 24.8 Å². The smallest absolute Gasteiger partial charge is 0.0850 e. The van der Waals surface area contributed by atoms with Crippen LogP contribution in [0.3, 0.4) is 0 Å². The summed E-state index contributed by atoms with van der Waals surface area (Å²) in [5, 5.41) is 7.83. The number of aliphatic imine (C=N–C) groups is 1. The van der Waals surface area contributed by atoms with Crippen LogP contribution in [-0.4, -0.2) is 22.1 Å². The molecule has 0 fully saturated rings. The lowest BCUT2D eigenvalue weighted by molar-refractivity contribution is 0.270. The van der Waals surface area contributed by atoms with Crippen molar-refractivity contribution in [3.8, 4) is 11.1 Å². The quantitative estimate of drug-likeness (QED) is 0.718. The van der Waals surface area contributed by atoms with Crippen LogP contribution in [0.15, 0.2) is 78.0 Å². The second kappa shape index (κ2) is 9.74. The molecule has 28 heavy (non-hydrogen) atoms. The van der Waals surface area contributed by atoms with E-state index in [9.17, 15) is 0 Å². The topological polar surface area (TPSA) is 51.4 Å². The van der Waals surface area contributed by atoms with Gasteiger partial charge in [0.25, 0.3) is 0 Å². The van der Waals surface area contributed by atoms with E-state index >= 15 is 0 Å². The summed E-state index contributed by atoms with van der Waals surface area (Å²) in [7, 11) is 1.93. The Balaban J connectivity index is 1.68. The van der Waals surface area contributed by atoms with Gasteiger partial charge in [0.2, 0.25) is 0 Å². The van der Waals surface area contributed by atoms with E-state index in [4.69, 9.17) is 4.74 Å². The Hall–Kier alpha value is -3.08. The summed E-state index contributed by atoms with van der Waals surface area (Å²) < 4.78 is 7.13. The van der Waals surface area contributed by atoms with Crippen molar-refractivity contribution in [1.29, 1.82) is 0 Å². The van der Waals surface area contributed by atoms with Gasteiger partial charge in [-0.15, -0.1) is 0 Å². The summed E-state index contributed by atoms with van der Waals surface area (Å²) in [5.74, 6) is 0.400. The molecule has 0 aliphatic carbocycles. The molecule has 1 aliphatic rings. The molecule has 3 rings (SSSR count). The molecule has 0 spiro atoms. The van der Waals surface area contributed by atoms with Gasteiger partial charge < -0.3 is 10.1 Å². The van der Waals surface area contributed by atoms with Crippen LogP contribution in [0.4, 0.5) is 0 Å². The molecule has 5 nitrogen and oxygen atoms in total. The highest BCUT2D eigenvalue weighted by Gasteiger charge is 2.10. The molecule has 1 atom stereocenters. The molecule has 1 aromatic carbocycles. The zero-order valence-electron chi connectivity index (χ0n) is 16.8. The Labute approximate surface area is 167 Å². The number of aromatic nitrogens is 2.